The Labute approximate surface area is 202 Å². The Morgan fingerprint density at radius 3 is 2.74 bits per heavy atom. The van der Waals surface area contributed by atoms with E-state index >= 15 is 0 Å². The van der Waals surface area contributed by atoms with Crippen LogP contribution in [-0.2, 0) is 4.79 Å². The third kappa shape index (κ3) is 4.22. The molecule has 35 heavy (non-hydrogen) atoms. The molecule has 6 rings (SSSR count). The molecule has 2 atom stereocenters. The highest BCUT2D eigenvalue weighted by atomic mass is 19.3. The molecule has 1 saturated carbocycles. The number of halogens is 2. The lowest BCUT2D eigenvalue weighted by atomic mass is 9.84. The molecule has 3 aromatic rings. The molecule has 10 heteroatoms. The highest BCUT2D eigenvalue weighted by Crippen LogP contribution is 2.38. The molecule has 0 bridgehead atoms. The number of likely N-dealkylation sites (tertiary alicyclic amines) is 2. The van der Waals surface area contributed by atoms with Gasteiger partial charge in [-0.25, -0.2) is 18.7 Å². The summed E-state index contributed by atoms with van der Waals surface area (Å²) in [5, 5.41) is 5.55. The van der Waals surface area contributed by atoms with Crippen LogP contribution in [0.2, 0.25) is 0 Å². The number of rotatable bonds is 4. The average Bonchev–Trinajstić information content (AvgIpc) is 3.48. The second kappa shape index (κ2) is 8.65. The second-order valence-electron chi connectivity index (χ2n) is 10.3. The molecule has 3 aromatic heterocycles. The van der Waals surface area contributed by atoms with Crippen LogP contribution in [0, 0.1) is 12.0 Å². The van der Waals surface area contributed by atoms with Crippen LogP contribution in [0.4, 0.5) is 8.78 Å². The van der Waals surface area contributed by atoms with E-state index < -0.39 is 5.92 Å². The normalized spacial score (nSPS) is 26.2. The van der Waals surface area contributed by atoms with Gasteiger partial charge in [-0.1, -0.05) is 0 Å². The SMILES string of the molecule is CC1CC(N2C[C](n3cc(-c4ncnc5[nH]ccc45)cn3)C2)CCN1C(=O)C1CCC(F)(F)CC1. The first-order chi connectivity index (χ1) is 16.9. The van der Waals surface area contributed by atoms with Crippen molar-refractivity contribution in [2.75, 3.05) is 19.6 Å². The quantitative estimate of drug-likeness (QED) is 0.613. The fraction of sp³-hybridized carbons (Fsp3) is 0.560. The number of carbonyl (C=O) groups is 1. The van der Waals surface area contributed by atoms with E-state index in [9.17, 15) is 13.6 Å². The summed E-state index contributed by atoms with van der Waals surface area (Å²) >= 11 is 0. The maximum atomic E-state index is 13.5. The van der Waals surface area contributed by atoms with Gasteiger partial charge in [0.1, 0.15) is 18.0 Å². The van der Waals surface area contributed by atoms with Gasteiger partial charge in [0, 0.05) is 73.8 Å². The van der Waals surface area contributed by atoms with Gasteiger partial charge in [-0.05, 0) is 38.7 Å². The molecule has 5 heterocycles. The lowest BCUT2D eigenvalue weighted by molar-refractivity contribution is -0.144. The van der Waals surface area contributed by atoms with E-state index in [1.165, 1.54) is 6.04 Å². The van der Waals surface area contributed by atoms with Crippen molar-refractivity contribution in [1.82, 2.24) is 34.5 Å². The first kappa shape index (κ1) is 22.6. The van der Waals surface area contributed by atoms with Crippen LogP contribution >= 0.6 is 0 Å². The van der Waals surface area contributed by atoms with Crippen LogP contribution < -0.4 is 0 Å². The number of amides is 1. The summed E-state index contributed by atoms with van der Waals surface area (Å²) in [6.45, 7) is 4.51. The maximum Gasteiger partial charge on any atom is 0.248 e. The monoisotopic (exact) mass is 482 g/mol. The summed E-state index contributed by atoms with van der Waals surface area (Å²) in [5.74, 6) is -2.76. The Hall–Kier alpha value is -2.88. The van der Waals surface area contributed by atoms with E-state index in [-0.39, 0.29) is 30.7 Å². The standard InChI is InChI=1S/C25H30F2N7O/c1-16-10-19(5-9-33(16)24(35)17-2-6-25(26,27)7-3-17)32-13-20(14-32)34-12-18(11-31-34)22-21-4-8-28-23(21)30-15-29-22/h4,8,11-12,15-17,19H,2-3,5-7,9-10,13-14H2,1H3,(H,28,29,30). The minimum Gasteiger partial charge on any atom is -0.346 e. The van der Waals surface area contributed by atoms with Gasteiger partial charge in [0.05, 0.1) is 11.9 Å². The number of carbonyl (C=O) groups excluding carboxylic acids is 1. The first-order valence-electron chi connectivity index (χ1n) is 12.5. The van der Waals surface area contributed by atoms with Crippen molar-refractivity contribution in [2.45, 2.75) is 63.5 Å². The van der Waals surface area contributed by atoms with Crippen molar-refractivity contribution >= 4 is 16.9 Å². The molecule has 8 nitrogen and oxygen atoms in total. The van der Waals surface area contributed by atoms with Crippen molar-refractivity contribution in [3.05, 3.63) is 37.0 Å². The molecule has 1 radical (unpaired) electrons. The van der Waals surface area contributed by atoms with E-state index in [0.717, 1.165) is 48.2 Å². The smallest absolute Gasteiger partial charge is 0.248 e. The van der Waals surface area contributed by atoms with Gasteiger partial charge in [0.15, 0.2) is 0 Å². The zero-order chi connectivity index (χ0) is 24.2. The van der Waals surface area contributed by atoms with Gasteiger partial charge in [0.25, 0.3) is 0 Å². The van der Waals surface area contributed by atoms with Gasteiger partial charge in [-0.15, -0.1) is 0 Å². The topological polar surface area (TPSA) is 82.9 Å². The summed E-state index contributed by atoms with van der Waals surface area (Å²) in [6.07, 6.45) is 9.41. The second-order valence-corrected chi connectivity index (χ2v) is 10.3. The van der Waals surface area contributed by atoms with E-state index in [0.29, 0.717) is 25.4 Å². The zero-order valence-electron chi connectivity index (χ0n) is 19.8. The summed E-state index contributed by atoms with van der Waals surface area (Å²) in [5.41, 5.74) is 2.64. The Kier molecular flexibility index (Phi) is 5.58. The molecule has 2 aliphatic heterocycles. The minimum absolute atomic E-state index is 0.0765. The van der Waals surface area contributed by atoms with E-state index in [1.54, 1.807) is 6.33 Å². The molecule has 1 N–H and O–H groups in total. The van der Waals surface area contributed by atoms with Gasteiger partial charge in [-0.3, -0.25) is 14.4 Å². The highest BCUT2D eigenvalue weighted by molar-refractivity contribution is 5.90. The van der Waals surface area contributed by atoms with Crippen molar-refractivity contribution < 1.29 is 13.6 Å². The van der Waals surface area contributed by atoms with Crippen molar-refractivity contribution in [2.24, 2.45) is 5.92 Å². The van der Waals surface area contributed by atoms with E-state index in [1.807, 2.05) is 34.2 Å². The van der Waals surface area contributed by atoms with E-state index in [4.69, 9.17) is 0 Å². The van der Waals surface area contributed by atoms with Crippen molar-refractivity contribution in [1.29, 1.82) is 0 Å². The van der Waals surface area contributed by atoms with Crippen LogP contribution in [0.25, 0.3) is 22.3 Å². The first-order valence-corrected chi connectivity index (χ1v) is 12.5. The molecule has 3 fully saturated rings. The summed E-state index contributed by atoms with van der Waals surface area (Å²) < 4.78 is 28.9. The molecule has 1 amide bonds. The molecule has 3 aliphatic rings. The highest BCUT2D eigenvalue weighted by Gasteiger charge is 2.42. The van der Waals surface area contributed by atoms with Crippen LogP contribution in [-0.4, -0.2) is 78.1 Å². The van der Waals surface area contributed by atoms with Crippen molar-refractivity contribution in [3.8, 4) is 11.3 Å². The number of hydrogen-bond donors (Lipinski definition) is 1. The molecular formula is C25H30F2N7O. The Morgan fingerprint density at radius 2 is 1.97 bits per heavy atom. The summed E-state index contributed by atoms with van der Waals surface area (Å²) in [6, 6.07) is 3.77. The fourth-order valence-corrected chi connectivity index (χ4v) is 5.87. The molecule has 2 unspecified atom stereocenters. The number of aromatic nitrogens is 5. The Bertz CT molecular complexity index is 1210. The van der Waals surface area contributed by atoms with Gasteiger partial charge < -0.3 is 9.88 Å². The molecule has 1 aliphatic carbocycles. The number of alkyl halides is 2. The molecular weight excluding hydrogens is 452 g/mol. The van der Waals surface area contributed by atoms with Gasteiger partial charge >= 0.3 is 0 Å². The van der Waals surface area contributed by atoms with Crippen LogP contribution in [0.3, 0.4) is 0 Å². The summed E-state index contributed by atoms with van der Waals surface area (Å²) in [4.78, 5) is 29.2. The predicted octanol–water partition coefficient (Wildman–Crippen LogP) is 3.72. The largest absolute Gasteiger partial charge is 0.346 e. The number of fused-ring (bicyclic) bond motifs is 1. The van der Waals surface area contributed by atoms with Crippen LogP contribution in [0.1, 0.15) is 45.4 Å². The number of hydrogen-bond acceptors (Lipinski definition) is 5. The molecule has 0 spiro atoms. The lowest BCUT2D eigenvalue weighted by Crippen LogP contribution is -2.58. The minimum atomic E-state index is -2.60. The third-order valence-corrected chi connectivity index (χ3v) is 8.02. The number of piperidine rings is 1. The number of nitrogens with zero attached hydrogens (tertiary/aromatic N) is 6. The Balaban J connectivity index is 1.03. The lowest BCUT2D eigenvalue weighted by Gasteiger charge is -2.49. The third-order valence-electron chi connectivity index (χ3n) is 8.02. The predicted molar refractivity (Wildman–Crippen MR) is 126 cm³/mol. The van der Waals surface area contributed by atoms with Crippen LogP contribution in [0.15, 0.2) is 31.0 Å². The Morgan fingerprint density at radius 1 is 1.17 bits per heavy atom. The number of nitrogens with one attached hydrogen (secondary N) is 1. The number of H-pyrrole nitrogens is 1. The molecule has 2 saturated heterocycles. The summed E-state index contributed by atoms with van der Waals surface area (Å²) in [7, 11) is 0. The number of aromatic amines is 1. The fourth-order valence-electron chi connectivity index (χ4n) is 5.87. The average molecular weight is 483 g/mol. The van der Waals surface area contributed by atoms with Crippen molar-refractivity contribution in [3.63, 3.8) is 0 Å². The molecule has 0 aromatic carbocycles. The molecule has 185 valence electrons. The zero-order valence-corrected chi connectivity index (χ0v) is 19.8. The van der Waals surface area contributed by atoms with Crippen LogP contribution in [0.5, 0.6) is 0 Å². The maximum absolute atomic E-state index is 13.5. The van der Waals surface area contributed by atoms with Gasteiger partial charge in [0.2, 0.25) is 11.8 Å². The van der Waals surface area contributed by atoms with E-state index in [2.05, 4.69) is 31.9 Å². The van der Waals surface area contributed by atoms with Gasteiger partial charge in [-0.2, -0.15) is 5.10 Å².